The Morgan fingerprint density at radius 3 is 2.87 bits per heavy atom. The van der Waals surface area contributed by atoms with Gasteiger partial charge < -0.3 is 0 Å². The molecule has 0 atom stereocenters. The summed E-state index contributed by atoms with van der Waals surface area (Å²) >= 11 is 3.54. The first kappa shape index (κ1) is 10.9. The van der Waals surface area contributed by atoms with Crippen molar-refractivity contribution in [3.63, 3.8) is 0 Å². The van der Waals surface area contributed by atoms with Gasteiger partial charge in [-0.25, -0.2) is 0 Å². The second-order valence-electron chi connectivity index (χ2n) is 2.96. The van der Waals surface area contributed by atoms with Crippen molar-refractivity contribution in [2.75, 3.05) is 6.61 Å². The zero-order valence-electron chi connectivity index (χ0n) is 8.12. The number of hydrogen-bond donors (Lipinski definition) is 0. The van der Waals surface area contributed by atoms with Gasteiger partial charge >= 0.3 is 102 Å². The van der Waals surface area contributed by atoms with Gasteiger partial charge in [0.25, 0.3) is 0 Å². The van der Waals surface area contributed by atoms with Gasteiger partial charge in [0, 0.05) is 0 Å². The van der Waals surface area contributed by atoms with Crippen LogP contribution in [0, 0.1) is 0 Å². The van der Waals surface area contributed by atoms with E-state index in [0.717, 1.165) is 14.3 Å². The number of carbonyl (C=O) groups is 1. The van der Waals surface area contributed by atoms with E-state index in [0.29, 0.717) is 6.61 Å². The third kappa shape index (κ3) is 2.03. The van der Waals surface area contributed by atoms with E-state index in [2.05, 4.69) is 22.0 Å². The Bertz CT molecular complexity index is 504. The first-order chi connectivity index (χ1) is 7.24. The fourth-order valence-electron chi connectivity index (χ4n) is 1.34. The summed E-state index contributed by atoms with van der Waals surface area (Å²) in [6.45, 7) is 2.25. The average molecular weight is 332 g/mol. The van der Waals surface area contributed by atoms with Gasteiger partial charge in [-0.05, 0) is 0 Å². The summed E-state index contributed by atoms with van der Waals surface area (Å²) in [5, 5.41) is 1.13. The van der Waals surface area contributed by atoms with E-state index in [1.165, 1.54) is 4.26 Å². The predicted molar refractivity (Wildman–Crippen MR) is 64.5 cm³/mol. The summed E-state index contributed by atoms with van der Waals surface area (Å²) in [4.78, 5) is 11.6. The molecule has 0 aliphatic heterocycles. The molecule has 78 valence electrons. The molecule has 2 aromatic rings. The molecule has 0 spiro atoms. The van der Waals surface area contributed by atoms with Gasteiger partial charge in [0.05, 0.1) is 0 Å². The van der Waals surface area contributed by atoms with Crippen LogP contribution in [-0.2, 0) is 4.74 Å². The molecule has 0 unspecified atom stereocenters. The molecule has 0 saturated heterocycles. The maximum absolute atomic E-state index is 11.6. The molecule has 0 bridgehead atoms. The standard InChI is InChI=1S/C11H9BrO2Se/c1-2-14-11(13)10-9(12)7-5-3-4-6-8(7)15-10/h3-6H,2H2,1H3. The predicted octanol–water partition coefficient (Wildman–Crippen LogP) is 2.84. The number of rotatable bonds is 2. The second-order valence-corrected chi connectivity index (χ2v) is 5.96. The van der Waals surface area contributed by atoms with Gasteiger partial charge in [-0.3, -0.25) is 0 Å². The van der Waals surface area contributed by atoms with E-state index in [1.807, 2.05) is 25.1 Å². The minimum atomic E-state index is -0.194. The van der Waals surface area contributed by atoms with Gasteiger partial charge in [0.1, 0.15) is 0 Å². The first-order valence-electron chi connectivity index (χ1n) is 4.58. The Balaban J connectivity index is 2.53. The summed E-state index contributed by atoms with van der Waals surface area (Å²) in [5.74, 6) is -0.194. The number of fused-ring (bicyclic) bond motifs is 1. The Kier molecular flexibility index (Phi) is 3.29. The molecule has 0 N–H and O–H groups in total. The van der Waals surface area contributed by atoms with Crippen LogP contribution in [0.5, 0.6) is 0 Å². The summed E-state index contributed by atoms with van der Waals surface area (Å²) in [7, 11) is 0. The average Bonchev–Trinajstić information content (AvgIpc) is 2.57. The SMILES string of the molecule is CCOC(=O)c1[se]c2ccccc2c1Br. The molecule has 2 nitrogen and oxygen atoms in total. The van der Waals surface area contributed by atoms with Crippen molar-refractivity contribution in [1.82, 2.24) is 0 Å². The molecule has 15 heavy (non-hydrogen) atoms. The fraction of sp³-hybridized carbons (Fsp3) is 0.182. The van der Waals surface area contributed by atoms with Crippen molar-refractivity contribution >= 4 is 46.0 Å². The zero-order valence-corrected chi connectivity index (χ0v) is 11.4. The quantitative estimate of drug-likeness (QED) is 0.625. The van der Waals surface area contributed by atoms with Gasteiger partial charge in [-0.1, -0.05) is 0 Å². The van der Waals surface area contributed by atoms with Crippen LogP contribution in [-0.4, -0.2) is 27.1 Å². The molecule has 1 heterocycles. The van der Waals surface area contributed by atoms with Crippen LogP contribution in [0.15, 0.2) is 28.7 Å². The Labute approximate surface area is 102 Å². The molecule has 1 aromatic carbocycles. The molecule has 0 radical (unpaired) electrons. The Hall–Kier alpha value is -0.571. The van der Waals surface area contributed by atoms with Crippen molar-refractivity contribution in [1.29, 1.82) is 0 Å². The van der Waals surface area contributed by atoms with Crippen molar-refractivity contribution in [3.05, 3.63) is 33.2 Å². The van der Waals surface area contributed by atoms with E-state index >= 15 is 0 Å². The molecule has 0 aliphatic rings. The summed E-state index contributed by atoms with van der Waals surface area (Å²) in [6, 6.07) is 8.05. The molecule has 2 rings (SSSR count). The van der Waals surface area contributed by atoms with Crippen molar-refractivity contribution in [2.24, 2.45) is 0 Å². The van der Waals surface area contributed by atoms with E-state index in [4.69, 9.17) is 4.74 Å². The molecular weight excluding hydrogens is 323 g/mol. The van der Waals surface area contributed by atoms with Crippen LogP contribution in [0.25, 0.3) is 9.65 Å². The number of benzene rings is 1. The topological polar surface area (TPSA) is 26.3 Å². The van der Waals surface area contributed by atoms with E-state index in [9.17, 15) is 4.79 Å². The zero-order chi connectivity index (χ0) is 10.8. The summed E-state index contributed by atoms with van der Waals surface area (Å²) in [6.07, 6.45) is 0. The third-order valence-electron chi connectivity index (χ3n) is 2.00. The Morgan fingerprint density at radius 1 is 1.47 bits per heavy atom. The molecular formula is C11H9BrO2Se. The minimum absolute atomic E-state index is 0.0711. The summed E-state index contributed by atoms with van der Waals surface area (Å²) < 4.78 is 7.93. The van der Waals surface area contributed by atoms with Crippen LogP contribution in [0.1, 0.15) is 16.2 Å². The molecule has 1 aromatic heterocycles. The van der Waals surface area contributed by atoms with E-state index < -0.39 is 0 Å². The number of ether oxygens (including phenoxy) is 1. The van der Waals surface area contributed by atoms with Gasteiger partial charge in [-0.15, -0.1) is 0 Å². The second kappa shape index (κ2) is 4.52. The maximum atomic E-state index is 11.6. The van der Waals surface area contributed by atoms with Gasteiger partial charge in [0.2, 0.25) is 0 Å². The summed E-state index contributed by atoms with van der Waals surface area (Å²) in [5.41, 5.74) is 0. The van der Waals surface area contributed by atoms with Crippen molar-refractivity contribution in [2.45, 2.75) is 6.92 Å². The fourth-order valence-corrected chi connectivity index (χ4v) is 4.64. The van der Waals surface area contributed by atoms with Crippen molar-refractivity contribution < 1.29 is 9.53 Å². The molecule has 4 heteroatoms. The van der Waals surface area contributed by atoms with Gasteiger partial charge in [-0.2, -0.15) is 0 Å². The monoisotopic (exact) mass is 332 g/mol. The molecule has 0 amide bonds. The van der Waals surface area contributed by atoms with Crippen molar-refractivity contribution in [3.8, 4) is 0 Å². The number of halogens is 1. The molecule has 0 fully saturated rings. The number of esters is 1. The van der Waals surface area contributed by atoms with Gasteiger partial charge in [0.15, 0.2) is 0 Å². The van der Waals surface area contributed by atoms with E-state index in [1.54, 1.807) is 0 Å². The van der Waals surface area contributed by atoms with Crippen LogP contribution in [0.2, 0.25) is 0 Å². The molecule has 0 aliphatic carbocycles. The normalized spacial score (nSPS) is 10.5. The molecule has 0 saturated carbocycles. The van der Waals surface area contributed by atoms with Crippen LogP contribution >= 0.6 is 15.9 Å². The Morgan fingerprint density at radius 2 is 2.20 bits per heavy atom. The van der Waals surface area contributed by atoms with Crippen LogP contribution in [0.3, 0.4) is 0 Å². The van der Waals surface area contributed by atoms with E-state index in [-0.39, 0.29) is 20.5 Å². The first-order valence-corrected chi connectivity index (χ1v) is 7.08. The number of carbonyl (C=O) groups excluding carboxylic acids is 1. The third-order valence-corrected chi connectivity index (χ3v) is 5.82. The number of hydrogen-bond acceptors (Lipinski definition) is 2. The van der Waals surface area contributed by atoms with Crippen LogP contribution < -0.4 is 0 Å². The van der Waals surface area contributed by atoms with Crippen LogP contribution in [0.4, 0.5) is 0 Å².